The number of esters is 2. The fraction of sp³-hybridized carbons (Fsp3) is 0.383. The summed E-state index contributed by atoms with van der Waals surface area (Å²) in [6, 6.07) is 28.9. The zero-order valence-corrected chi connectivity index (χ0v) is 36.2. The van der Waals surface area contributed by atoms with Gasteiger partial charge in [-0.2, -0.15) is 0 Å². The van der Waals surface area contributed by atoms with Gasteiger partial charge in [0.1, 0.15) is 18.0 Å². The van der Waals surface area contributed by atoms with Gasteiger partial charge in [-0.25, -0.2) is 14.6 Å². The van der Waals surface area contributed by atoms with Crippen molar-refractivity contribution in [1.82, 2.24) is 14.9 Å². The van der Waals surface area contributed by atoms with E-state index in [0.717, 1.165) is 27.8 Å². The molecule has 0 fully saturated rings. The third-order valence-electron chi connectivity index (χ3n) is 11.3. The molecule has 0 radical (unpaired) electrons. The first kappa shape index (κ1) is 41.4. The van der Waals surface area contributed by atoms with Crippen LogP contribution in [0.15, 0.2) is 89.7 Å². The highest BCUT2D eigenvalue weighted by molar-refractivity contribution is 7.00. The van der Waals surface area contributed by atoms with Crippen molar-refractivity contribution in [2.24, 2.45) is 0 Å². The standard InChI is InChI=1S/C47H53N3O8Si/c1-9-33-34-26-30(58-59(46(6,7)8,31-18-13-11-14-19-31)32-20-15-12-16-21-32)23-24-38(34)49-41-35(33)28-50-39(41)27-37-36(42(50)52)29-55-43(53)47(37,10-2)56-40(51)22-17-25-48-44(54)57-45(3,4)5/h11-16,18-21,23-24,26-27H,9-10,17,22,25,28-29H2,1-8H3,(H,48,54)/t47-/m0/s1. The summed E-state index contributed by atoms with van der Waals surface area (Å²) in [5.41, 5.74) is 1.72. The van der Waals surface area contributed by atoms with Crippen LogP contribution in [-0.2, 0) is 49.0 Å². The molecule has 2 aliphatic rings. The lowest BCUT2D eigenvalue weighted by Gasteiger charge is -2.43. The van der Waals surface area contributed by atoms with Crippen molar-refractivity contribution in [3.63, 3.8) is 0 Å². The summed E-state index contributed by atoms with van der Waals surface area (Å²) in [6.07, 6.45) is 0.305. The summed E-state index contributed by atoms with van der Waals surface area (Å²) in [7, 11) is -2.92. The number of amides is 1. The van der Waals surface area contributed by atoms with Crippen LogP contribution in [0.1, 0.15) is 96.9 Å². The molecule has 11 nitrogen and oxygen atoms in total. The Labute approximate surface area is 346 Å². The van der Waals surface area contributed by atoms with Gasteiger partial charge in [-0.3, -0.25) is 9.59 Å². The summed E-state index contributed by atoms with van der Waals surface area (Å²) in [5.74, 6) is -0.640. The number of alkyl carbamates (subject to hydrolysis) is 1. The number of hydrogen-bond donors (Lipinski definition) is 1. The summed E-state index contributed by atoms with van der Waals surface area (Å²) in [6.45, 7) is 16.1. The number of cyclic esters (lactones) is 1. The normalized spacial score (nSPS) is 16.1. The number of benzene rings is 3. The van der Waals surface area contributed by atoms with E-state index in [4.69, 9.17) is 23.6 Å². The van der Waals surface area contributed by atoms with Gasteiger partial charge in [0, 0.05) is 29.5 Å². The monoisotopic (exact) mass is 815 g/mol. The Kier molecular flexibility index (Phi) is 11.1. The second-order valence-corrected chi connectivity index (χ2v) is 21.5. The molecule has 1 N–H and O–H groups in total. The van der Waals surface area contributed by atoms with Crippen LogP contribution in [-0.4, -0.2) is 48.0 Å². The van der Waals surface area contributed by atoms with E-state index in [1.165, 1.54) is 10.4 Å². The molecule has 0 spiro atoms. The summed E-state index contributed by atoms with van der Waals surface area (Å²) >= 11 is 0. The topological polar surface area (TPSA) is 135 Å². The predicted molar refractivity (Wildman–Crippen MR) is 229 cm³/mol. The van der Waals surface area contributed by atoms with Crippen LogP contribution in [0.2, 0.25) is 5.04 Å². The minimum atomic E-state index is -2.92. The molecule has 3 aromatic carbocycles. The van der Waals surface area contributed by atoms with Crippen molar-refractivity contribution < 1.29 is 33.0 Å². The number of nitrogens with zero attached hydrogens (tertiary/aromatic N) is 2. The minimum Gasteiger partial charge on any atom is -0.534 e. The maximum absolute atomic E-state index is 14.3. The number of aryl methyl sites for hydroxylation is 1. The molecule has 1 atom stereocenters. The van der Waals surface area contributed by atoms with Crippen molar-refractivity contribution in [3.8, 4) is 17.1 Å². The molecule has 0 bridgehead atoms. The van der Waals surface area contributed by atoms with Crippen LogP contribution in [0.5, 0.6) is 5.75 Å². The molecule has 5 aromatic rings. The van der Waals surface area contributed by atoms with Gasteiger partial charge >= 0.3 is 26.3 Å². The van der Waals surface area contributed by atoms with E-state index in [-0.39, 0.29) is 48.6 Å². The van der Waals surface area contributed by atoms with E-state index in [0.29, 0.717) is 29.9 Å². The van der Waals surface area contributed by atoms with Gasteiger partial charge < -0.3 is 28.5 Å². The van der Waals surface area contributed by atoms with E-state index in [1.54, 1.807) is 38.3 Å². The first-order valence-corrected chi connectivity index (χ1v) is 22.3. The predicted octanol–water partition coefficient (Wildman–Crippen LogP) is 7.44. The second kappa shape index (κ2) is 15.8. The maximum Gasteiger partial charge on any atom is 0.407 e. The summed E-state index contributed by atoms with van der Waals surface area (Å²) in [5, 5.41) is 5.69. The molecule has 4 heterocycles. The molecule has 0 aliphatic carbocycles. The van der Waals surface area contributed by atoms with Gasteiger partial charge in [-0.05, 0) is 85.3 Å². The SMILES string of the molecule is CCc1c2c(nc3ccc(O[Si](c4ccccc4)(c4ccccc4)C(C)(C)C)cc13)-c1cc3c(c(=O)n1C2)COC(=O)[C@@]3(CC)OC(=O)CCCNC(=O)OC(C)(C)C. The molecule has 12 heteroatoms. The van der Waals surface area contributed by atoms with E-state index in [2.05, 4.69) is 87.6 Å². The van der Waals surface area contributed by atoms with Crippen molar-refractivity contribution in [2.75, 3.05) is 6.54 Å². The molecule has 0 saturated carbocycles. The average Bonchev–Trinajstić information content (AvgIpc) is 3.56. The number of nitrogens with one attached hydrogen (secondary N) is 1. The lowest BCUT2D eigenvalue weighted by atomic mass is 9.85. The highest BCUT2D eigenvalue weighted by Gasteiger charge is 2.53. The molecule has 308 valence electrons. The smallest absolute Gasteiger partial charge is 0.407 e. The van der Waals surface area contributed by atoms with E-state index in [1.807, 2.05) is 24.3 Å². The van der Waals surface area contributed by atoms with Crippen LogP contribution >= 0.6 is 0 Å². The minimum absolute atomic E-state index is 0.0515. The number of aromatic nitrogens is 2. The molecule has 7 rings (SSSR count). The highest BCUT2D eigenvalue weighted by Crippen LogP contribution is 2.43. The molecule has 2 aliphatic heterocycles. The lowest BCUT2D eigenvalue weighted by Crippen LogP contribution is -2.68. The van der Waals surface area contributed by atoms with Crippen LogP contribution in [0.25, 0.3) is 22.3 Å². The maximum atomic E-state index is 14.3. The second-order valence-electron chi connectivity index (χ2n) is 17.3. The summed E-state index contributed by atoms with van der Waals surface area (Å²) < 4.78 is 25.9. The number of hydrogen-bond acceptors (Lipinski definition) is 9. The Balaban J connectivity index is 1.25. The quantitative estimate of drug-likeness (QED) is 0.0613. The molecule has 2 aromatic heterocycles. The fourth-order valence-electron chi connectivity index (χ4n) is 8.57. The van der Waals surface area contributed by atoms with Gasteiger partial charge in [-0.15, -0.1) is 0 Å². The van der Waals surface area contributed by atoms with Gasteiger partial charge in [0.05, 0.1) is 29.0 Å². The Bertz CT molecular complexity index is 2450. The largest absolute Gasteiger partial charge is 0.534 e. The zero-order valence-electron chi connectivity index (χ0n) is 35.2. The third-order valence-corrected chi connectivity index (χ3v) is 16.2. The van der Waals surface area contributed by atoms with Crippen molar-refractivity contribution in [2.45, 2.75) is 110 Å². The molecule has 0 unspecified atom stereocenters. The van der Waals surface area contributed by atoms with Crippen molar-refractivity contribution in [3.05, 3.63) is 118 Å². The Morgan fingerprint density at radius 2 is 1.56 bits per heavy atom. The lowest BCUT2D eigenvalue weighted by molar-refractivity contribution is -0.189. The van der Waals surface area contributed by atoms with Crippen LogP contribution < -0.4 is 25.7 Å². The number of pyridine rings is 2. The van der Waals surface area contributed by atoms with Crippen molar-refractivity contribution in [1.29, 1.82) is 0 Å². The number of carbonyl (C=O) groups excluding carboxylic acids is 3. The molecular weight excluding hydrogens is 763 g/mol. The van der Waals surface area contributed by atoms with E-state index in [9.17, 15) is 19.2 Å². The van der Waals surface area contributed by atoms with Gasteiger partial charge in [0.15, 0.2) is 0 Å². The Hall–Kier alpha value is -5.75. The number of ether oxygens (including phenoxy) is 3. The molecular formula is C47H53N3O8Si. The molecule has 1 amide bonds. The number of carbonyl (C=O) groups is 3. The van der Waals surface area contributed by atoms with Crippen molar-refractivity contribution >= 4 is 47.6 Å². The molecule has 59 heavy (non-hydrogen) atoms. The first-order valence-electron chi connectivity index (χ1n) is 20.4. The van der Waals surface area contributed by atoms with E-state index < -0.39 is 37.6 Å². The van der Waals surface area contributed by atoms with Gasteiger partial charge in [0.25, 0.3) is 5.56 Å². The Morgan fingerprint density at radius 1 is 0.898 bits per heavy atom. The van der Waals surface area contributed by atoms with Crippen LogP contribution in [0.4, 0.5) is 4.79 Å². The average molecular weight is 816 g/mol. The first-order chi connectivity index (χ1) is 28.0. The number of fused-ring (bicyclic) bond motifs is 5. The molecule has 0 saturated heterocycles. The Morgan fingerprint density at radius 3 is 2.15 bits per heavy atom. The van der Waals surface area contributed by atoms with Crippen LogP contribution in [0.3, 0.4) is 0 Å². The van der Waals surface area contributed by atoms with Gasteiger partial charge in [-0.1, -0.05) is 95.3 Å². The third kappa shape index (κ3) is 7.54. The van der Waals surface area contributed by atoms with Crippen LogP contribution in [0, 0.1) is 0 Å². The fourth-order valence-corrected chi connectivity index (χ4v) is 13.0. The zero-order chi connectivity index (χ0) is 42.3. The highest BCUT2D eigenvalue weighted by atomic mass is 28.4. The summed E-state index contributed by atoms with van der Waals surface area (Å²) in [4.78, 5) is 58.5. The van der Waals surface area contributed by atoms with E-state index >= 15 is 0 Å². The number of rotatable bonds is 11. The van der Waals surface area contributed by atoms with Gasteiger partial charge in [0.2, 0.25) is 5.60 Å².